The zero-order valence-electron chi connectivity index (χ0n) is 17.6. The molecule has 7 aromatic rings. The van der Waals surface area contributed by atoms with E-state index in [4.69, 9.17) is 4.42 Å². The van der Waals surface area contributed by atoms with Gasteiger partial charge in [-0.25, -0.2) is 0 Å². The van der Waals surface area contributed by atoms with Gasteiger partial charge in [-0.3, -0.25) is 0 Å². The van der Waals surface area contributed by atoms with Crippen LogP contribution in [0.15, 0.2) is 118 Å². The van der Waals surface area contributed by atoms with Gasteiger partial charge in [0.25, 0.3) is 0 Å². The Bertz CT molecular complexity index is 1820. The van der Waals surface area contributed by atoms with E-state index in [0.717, 1.165) is 43.2 Å². The molecule has 7 rings (SSSR count). The number of nitrogens with zero attached hydrogens (tertiary/aromatic N) is 1. The number of benzene rings is 5. The first-order chi connectivity index (χ1) is 16.3. The molecule has 0 aliphatic heterocycles. The maximum Gasteiger partial charge on any atom is 0.143 e. The molecule has 0 spiro atoms. The van der Waals surface area contributed by atoms with Gasteiger partial charge in [0.05, 0.1) is 11.0 Å². The highest BCUT2D eigenvalue weighted by Gasteiger charge is 2.16. The number of para-hydroxylation sites is 3. The Morgan fingerprint density at radius 3 is 2.18 bits per heavy atom. The van der Waals surface area contributed by atoms with Crippen molar-refractivity contribution in [2.45, 2.75) is 0 Å². The summed E-state index contributed by atoms with van der Waals surface area (Å²) in [4.78, 5) is 0. The van der Waals surface area contributed by atoms with Crippen molar-refractivity contribution < 1.29 is 4.42 Å². The van der Waals surface area contributed by atoms with Gasteiger partial charge in [0, 0.05) is 37.3 Å². The summed E-state index contributed by atoms with van der Waals surface area (Å²) < 4.78 is 9.73. The van der Waals surface area contributed by atoms with E-state index in [1.165, 1.54) is 21.8 Å². The molecule has 2 heterocycles. The predicted octanol–water partition coefficient (Wildman–Crippen LogP) is 9.11. The van der Waals surface area contributed by atoms with Crippen LogP contribution in [0, 0.1) is 0 Å². The molecule has 0 aliphatic carbocycles. The van der Waals surface area contributed by atoms with Crippen molar-refractivity contribution >= 4 is 59.7 Å². The van der Waals surface area contributed by atoms with E-state index in [1.54, 1.807) is 0 Å². The molecule has 33 heavy (non-hydrogen) atoms. The molecule has 0 N–H and O–H groups in total. The normalized spacial score (nSPS) is 11.8. The van der Waals surface area contributed by atoms with E-state index in [0.29, 0.717) is 0 Å². The fraction of sp³-hybridized carbons (Fsp3) is 0. The molecule has 5 aromatic carbocycles. The minimum absolute atomic E-state index is 0.924. The highest BCUT2D eigenvalue weighted by atomic mass is 79.9. The van der Waals surface area contributed by atoms with Crippen molar-refractivity contribution in [3.05, 3.63) is 114 Å². The first-order valence-electron chi connectivity index (χ1n) is 11.0. The number of hydrogen-bond donors (Lipinski definition) is 0. The Morgan fingerprint density at radius 2 is 1.30 bits per heavy atom. The molecule has 2 nitrogen and oxygen atoms in total. The zero-order valence-corrected chi connectivity index (χ0v) is 19.2. The van der Waals surface area contributed by atoms with Crippen molar-refractivity contribution in [3.8, 4) is 16.8 Å². The van der Waals surface area contributed by atoms with Crippen LogP contribution in [0.4, 0.5) is 0 Å². The van der Waals surface area contributed by atoms with E-state index in [1.807, 2.05) is 12.1 Å². The first kappa shape index (κ1) is 18.7. The minimum atomic E-state index is 0.924. The lowest BCUT2D eigenvalue weighted by Crippen LogP contribution is -1.93. The van der Waals surface area contributed by atoms with Crippen molar-refractivity contribution in [2.75, 3.05) is 0 Å². The molecule has 0 fully saturated rings. The molecule has 156 valence electrons. The summed E-state index contributed by atoms with van der Waals surface area (Å²) in [5, 5.41) is 4.79. The number of aromatic nitrogens is 1. The van der Waals surface area contributed by atoms with E-state index in [9.17, 15) is 0 Å². The fourth-order valence-electron chi connectivity index (χ4n) is 4.98. The smallest absolute Gasteiger partial charge is 0.143 e. The number of fused-ring (bicyclic) bond motifs is 6. The molecule has 0 saturated carbocycles. The third kappa shape index (κ3) is 2.79. The zero-order chi connectivity index (χ0) is 21.9. The topological polar surface area (TPSA) is 18.1 Å². The quantitative estimate of drug-likeness (QED) is 0.237. The van der Waals surface area contributed by atoms with Crippen molar-refractivity contribution in [2.24, 2.45) is 0 Å². The fourth-order valence-corrected chi connectivity index (χ4v) is 5.25. The molecule has 0 amide bonds. The van der Waals surface area contributed by atoms with Gasteiger partial charge in [-0.05, 0) is 54.1 Å². The largest absolute Gasteiger partial charge is 0.455 e. The van der Waals surface area contributed by atoms with Gasteiger partial charge in [-0.2, -0.15) is 0 Å². The SMILES string of the molecule is Brc1ccc(-n2c3ccccc3c3cc(-c4cccc5c4oc4ccccc45)ccc32)cc1. The summed E-state index contributed by atoms with van der Waals surface area (Å²) in [7, 11) is 0. The van der Waals surface area contributed by atoms with Crippen LogP contribution in [0.5, 0.6) is 0 Å². The summed E-state index contributed by atoms with van der Waals surface area (Å²) >= 11 is 3.56. The predicted molar refractivity (Wildman–Crippen MR) is 141 cm³/mol. The minimum Gasteiger partial charge on any atom is -0.455 e. The summed E-state index contributed by atoms with van der Waals surface area (Å²) in [6.07, 6.45) is 0. The highest BCUT2D eigenvalue weighted by molar-refractivity contribution is 9.10. The second kappa shape index (κ2) is 7.09. The van der Waals surface area contributed by atoms with Crippen LogP contribution >= 0.6 is 15.9 Å². The lowest BCUT2D eigenvalue weighted by Gasteiger charge is -2.08. The monoisotopic (exact) mass is 487 g/mol. The van der Waals surface area contributed by atoms with E-state index >= 15 is 0 Å². The van der Waals surface area contributed by atoms with Crippen LogP contribution in [-0.4, -0.2) is 4.57 Å². The third-order valence-electron chi connectivity index (χ3n) is 6.47. The highest BCUT2D eigenvalue weighted by Crippen LogP contribution is 2.39. The molecule has 0 unspecified atom stereocenters. The Kier molecular flexibility index (Phi) is 4.02. The van der Waals surface area contributed by atoms with Crippen LogP contribution in [-0.2, 0) is 0 Å². The molecule has 0 saturated heterocycles. The summed E-state index contributed by atoms with van der Waals surface area (Å²) in [6, 6.07) is 38.5. The van der Waals surface area contributed by atoms with E-state index in [-0.39, 0.29) is 0 Å². The van der Waals surface area contributed by atoms with Crippen molar-refractivity contribution in [1.82, 2.24) is 4.57 Å². The molecular weight excluding hydrogens is 470 g/mol. The second-order valence-corrected chi connectivity index (χ2v) is 9.26. The van der Waals surface area contributed by atoms with Gasteiger partial charge in [0.1, 0.15) is 11.2 Å². The van der Waals surface area contributed by atoms with Gasteiger partial charge in [-0.15, -0.1) is 0 Å². The summed E-state index contributed by atoms with van der Waals surface area (Å²) in [6.45, 7) is 0. The van der Waals surface area contributed by atoms with Crippen LogP contribution in [0.3, 0.4) is 0 Å². The van der Waals surface area contributed by atoms with Crippen LogP contribution < -0.4 is 0 Å². The third-order valence-corrected chi connectivity index (χ3v) is 7.00. The van der Waals surface area contributed by atoms with Gasteiger partial charge in [-0.1, -0.05) is 76.6 Å². The molecule has 0 atom stereocenters. The van der Waals surface area contributed by atoms with Gasteiger partial charge < -0.3 is 8.98 Å². The summed E-state index contributed by atoms with van der Waals surface area (Å²) in [5.41, 5.74) is 7.68. The average Bonchev–Trinajstić information content (AvgIpc) is 3.40. The molecule has 3 heteroatoms. The Labute approximate surface area is 198 Å². The van der Waals surface area contributed by atoms with Crippen LogP contribution in [0.1, 0.15) is 0 Å². The Morgan fingerprint density at radius 1 is 0.576 bits per heavy atom. The van der Waals surface area contributed by atoms with Gasteiger partial charge in [0.15, 0.2) is 0 Å². The molecule has 0 aliphatic rings. The summed E-state index contributed by atoms with van der Waals surface area (Å²) in [5.74, 6) is 0. The number of hydrogen-bond acceptors (Lipinski definition) is 1. The Hall–Kier alpha value is -3.82. The molecule has 2 aromatic heterocycles. The lowest BCUT2D eigenvalue weighted by molar-refractivity contribution is 0.670. The van der Waals surface area contributed by atoms with Gasteiger partial charge in [0.2, 0.25) is 0 Å². The molecule has 0 radical (unpaired) electrons. The number of furan rings is 1. The van der Waals surface area contributed by atoms with Crippen molar-refractivity contribution in [3.63, 3.8) is 0 Å². The van der Waals surface area contributed by atoms with E-state index in [2.05, 4.69) is 118 Å². The maximum atomic E-state index is 6.31. The number of rotatable bonds is 2. The van der Waals surface area contributed by atoms with Crippen LogP contribution in [0.2, 0.25) is 0 Å². The van der Waals surface area contributed by atoms with E-state index < -0.39 is 0 Å². The maximum absolute atomic E-state index is 6.31. The average molecular weight is 488 g/mol. The Balaban J connectivity index is 1.52. The standard InChI is InChI=1S/C30H18BrNO/c31-20-13-15-21(16-14-20)32-27-10-3-1-6-23(27)26-18-19(12-17-28(26)32)22-8-5-9-25-24-7-2-4-11-29(24)33-30(22)25/h1-18H. The van der Waals surface area contributed by atoms with Gasteiger partial charge >= 0.3 is 0 Å². The second-order valence-electron chi connectivity index (χ2n) is 8.34. The number of halogens is 1. The van der Waals surface area contributed by atoms with Crippen LogP contribution in [0.25, 0.3) is 60.6 Å². The lowest BCUT2D eigenvalue weighted by atomic mass is 10.0. The molecule has 0 bridgehead atoms. The first-order valence-corrected chi connectivity index (χ1v) is 11.8. The molecular formula is C30H18BrNO. The van der Waals surface area contributed by atoms with Crippen molar-refractivity contribution in [1.29, 1.82) is 0 Å².